The minimum Gasteiger partial charge on any atom is -0.493 e. The zero-order valence-corrected chi connectivity index (χ0v) is 17.4. The Hall–Kier alpha value is -3.13. The number of ketones is 1. The Morgan fingerprint density at radius 3 is 2.52 bits per heavy atom. The summed E-state index contributed by atoms with van der Waals surface area (Å²) in [7, 11) is 1.48. The second-order valence-corrected chi connectivity index (χ2v) is 7.65. The Morgan fingerprint density at radius 1 is 1.10 bits per heavy atom. The van der Waals surface area contributed by atoms with Gasteiger partial charge < -0.3 is 18.7 Å². The van der Waals surface area contributed by atoms with E-state index in [2.05, 4.69) is 5.16 Å². The highest BCUT2D eigenvalue weighted by atomic mass is 32.1. The van der Waals surface area contributed by atoms with E-state index in [4.69, 9.17) is 18.7 Å². The Bertz CT molecular complexity index is 1020. The summed E-state index contributed by atoms with van der Waals surface area (Å²) >= 11 is 1.37. The molecule has 8 heteroatoms. The van der Waals surface area contributed by atoms with Crippen LogP contribution in [0, 0.1) is 20.8 Å². The maximum atomic E-state index is 12.3. The van der Waals surface area contributed by atoms with Gasteiger partial charge >= 0.3 is 5.97 Å². The number of aromatic nitrogens is 1. The standard InChI is InChI=1S/C21H21NO6S/c1-12-5-8-20(29-12)17(23)11-27-21(24)15-6-7-18(19(9-15)25-4)26-10-16-13(2)22-28-14(16)3/h5-9H,10-11H2,1-4H3. The van der Waals surface area contributed by atoms with Crippen LogP contribution in [-0.4, -0.2) is 30.6 Å². The van der Waals surface area contributed by atoms with E-state index in [0.717, 1.165) is 16.1 Å². The molecule has 0 atom stereocenters. The average Bonchev–Trinajstić information content (AvgIpc) is 3.29. The first-order valence-electron chi connectivity index (χ1n) is 8.88. The number of carbonyl (C=O) groups excluding carboxylic acids is 2. The van der Waals surface area contributed by atoms with Gasteiger partial charge in [-0.2, -0.15) is 0 Å². The molecule has 0 fully saturated rings. The number of esters is 1. The summed E-state index contributed by atoms with van der Waals surface area (Å²) in [4.78, 5) is 26.0. The molecule has 0 aliphatic rings. The van der Waals surface area contributed by atoms with Gasteiger partial charge in [0.1, 0.15) is 12.4 Å². The van der Waals surface area contributed by atoms with Crippen LogP contribution >= 0.6 is 11.3 Å². The third-order valence-electron chi connectivity index (χ3n) is 4.30. The lowest BCUT2D eigenvalue weighted by Crippen LogP contribution is -2.13. The topological polar surface area (TPSA) is 87.9 Å². The first-order chi connectivity index (χ1) is 13.9. The maximum absolute atomic E-state index is 12.3. The van der Waals surface area contributed by atoms with Gasteiger partial charge in [0.25, 0.3) is 0 Å². The highest BCUT2D eigenvalue weighted by molar-refractivity contribution is 7.14. The number of benzene rings is 1. The van der Waals surface area contributed by atoms with Gasteiger partial charge in [-0.15, -0.1) is 11.3 Å². The summed E-state index contributed by atoms with van der Waals surface area (Å²) in [6, 6.07) is 8.28. The first-order valence-corrected chi connectivity index (χ1v) is 9.70. The largest absolute Gasteiger partial charge is 0.493 e. The van der Waals surface area contributed by atoms with Crippen molar-refractivity contribution in [2.45, 2.75) is 27.4 Å². The third kappa shape index (κ3) is 4.83. The molecule has 3 aromatic rings. The molecule has 0 aliphatic heterocycles. The minimum absolute atomic E-state index is 0.233. The van der Waals surface area contributed by atoms with Crippen molar-refractivity contribution >= 4 is 23.1 Å². The number of thiophene rings is 1. The molecule has 0 unspecified atom stereocenters. The van der Waals surface area contributed by atoms with E-state index in [1.54, 1.807) is 18.2 Å². The summed E-state index contributed by atoms with van der Waals surface area (Å²) in [5, 5.41) is 3.89. The van der Waals surface area contributed by atoms with Gasteiger partial charge in [-0.05, 0) is 51.1 Å². The number of nitrogens with zero attached hydrogens (tertiary/aromatic N) is 1. The van der Waals surface area contributed by atoms with Crippen molar-refractivity contribution in [1.82, 2.24) is 5.16 Å². The molecular formula is C21H21NO6S. The van der Waals surface area contributed by atoms with E-state index >= 15 is 0 Å². The number of hydrogen-bond donors (Lipinski definition) is 0. The van der Waals surface area contributed by atoms with Crippen LogP contribution < -0.4 is 9.47 Å². The summed E-state index contributed by atoms with van der Waals surface area (Å²) in [5.74, 6) is 0.693. The molecule has 0 bridgehead atoms. The predicted octanol–water partition coefficient (Wildman–Crippen LogP) is 4.29. The Balaban J connectivity index is 1.64. The van der Waals surface area contributed by atoms with Crippen molar-refractivity contribution in [1.29, 1.82) is 0 Å². The van der Waals surface area contributed by atoms with Gasteiger partial charge in [-0.1, -0.05) is 5.16 Å². The van der Waals surface area contributed by atoms with E-state index in [1.165, 1.54) is 24.5 Å². The zero-order chi connectivity index (χ0) is 21.0. The molecule has 1 aromatic carbocycles. The van der Waals surface area contributed by atoms with E-state index in [0.29, 0.717) is 22.1 Å². The van der Waals surface area contributed by atoms with Crippen LogP contribution in [0.25, 0.3) is 0 Å². The smallest absolute Gasteiger partial charge is 0.338 e. The Kier molecular flexibility index (Phi) is 6.33. The molecule has 0 aliphatic carbocycles. The molecule has 0 radical (unpaired) electrons. The number of ether oxygens (including phenoxy) is 3. The van der Waals surface area contributed by atoms with Gasteiger partial charge in [-0.3, -0.25) is 4.79 Å². The van der Waals surface area contributed by atoms with E-state index in [-0.39, 0.29) is 24.6 Å². The first kappa shape index (κ1) is 20.6. The van der Waals surface area contributed by atoms with Crippen molar-refractivity contribution in [3.8, 4) is 11.5 Å². The van der Waals surface area contributed by atoms with Gasteiger partial charge in [0.15, 0.2) is 18.1 Å². The fourth-order valence-electron chi connectivity index (χ4n) is 2.64. The minimum atomic E-state index is -0.609. The van der Waals surface area contributed by atoms with Crippen LogP contribution in [0.15, 0.2) is 34.9 Å². The quantitative estimate of drug-likeness (QED) is 0.401. The number of aryl methyl sites for hydroxylation is 3. The molecule has 0 N–H and O–H groups in total. The summed E-state index contributed by atoms with van der Waals surface area (Å²) in [5.41, 5.74) is 1.88. The van der Waals surface area contributed by atoms with E-state index in [9.17, 15) is 9.59 Å². The van der Waals surface area contributed by atoms with Crippen molar-refractivity contribution < 1.29 is 28.3 Å². The molecule has 3 rings (SSSR count). The molecule has 152 valence electrons. The van der Waals surface area contributed by atoms with Crippen LogP contribution in [0.4, 0.5) is 0 Å². The molecule has 0 saturated heterocycles. The van der Waals surface area contributed by atoms with Crippen LogP contribution in [0.5, 0.6) is 11.5 Å². The number of methoxy groups -OCH3 is 1. The molecule has 0 spiro atoms. The second kappa shape index (κ2) is 8.91. The van der Waals surface area contributed by atoms with Crippen LogP contribution in [-0.2, 0) is 11.3 Å². The fourth-order valence-corrected chi connectivity index (χ4v) is 3.43. The Morgan fingerprint density at radius 2 is 1.90 bits per heavy atom. The molecule has 2 aromatic heterocycles. The number of rotatable bonds is 8. The van der Waals surface area contributed by atoms with Crippen LogP contribution in [0.2, 0.25) is 0 Å². The van der Waals surface area contributed by atoms with E-state index < -0.39 is 5.97 Å². The van der Waals surface area contributed by atoms with E-state index in [1.807, 2.05) is 26.8 Å². The summed E-state index contributed by atoms with van der Waals surface area (Å²) in [6.45, 7) is 5.51. The average molecular weight is 415 g/mol. The lowest BCUT2D eigenvalue weighted by molar-refractivity contribution is 0.0475. The lowest BCUT2D eigenvalue weighted by atomic mass is 10.2. The molecule has 0 amide bonds. The van der Waals surface area contributed by atoms with Crippen molar-refractivity contribution in [3.63, 3.8) is 0 Å². The van der Waals surface area contributed by atoms with Gasteiger partial charge in [0.2, 0.25) is 5.78 Å². The second-order valence-electron chi connectivity index (χ2n) is 6.37. The molecule has 2 heterocycles. The zero-order valence-electron chi connectivity index (χ0n) is 16.6. The highest BCUT2D eigenvalue weighted by Gasteiger charge is 2.17. The lowest BCUT2D eigenvalue weighted by Gasteiger charge is -2.12. The highest BCUT2D eigenvalue weighted by Crippen LogP contribution is 2.30. The van der Waals surface area contributed by atoms with Crippen molar-refractivity contribution in [2.24, 2.45) is 0 Å². The summed E-state index contributed by atoms with van der Waals surface area (Å²) in [6.07, 6.45) is 0. The van der Waals surface area contributed by atoms with Crippen molar-refractivity contribution in [3.05, 3.63) is 62.7 Å². The van der Waals surface area contributed by atoms with Crippen LogP contribution in [0.1, 0.15) is 41.9 Å². The fraction of sp³-hybridized carbons (Fsp3) is 0.286. The molecule has 29 heavy (non-hydrogen) atoms. The Labute approximate surface area is 172 Å². The van der Waals surface area contributed by atoms with Gasteiger partial charge in [0.05, 0.1) is 28.8 Å². The summed E-state index contributed by atoms with van der Waals surface area (Å²) < 4.78 is 21.4. The molecule has 0 saturated carbocycles. The monoisotopic (exact) mass is 415 g/mol. The van der Waals surface area contributed by atoms with Gasteiger partial charge in [-0.25, -0.2) is 4.79 Å². The number of hydrogen-bond acceptors (Lipinski definition) is 8. The molecular weight excluding hydrogens is 394 g/mol. The van der Waals surface area contributed by atoms with Gasteiger partial charge in [0, 0.05) is 4.88 Å². The SMILES string of the molecule is COc1cc(C(=O)OCC(=O)c2ccc(C)s2)ccc1OCc1c(C)noc1C. The third-order valence-corrected chi connectivity index (χ3v) is 5.34. The van der Waals surface area contributed by atoms with Crippen molar-refractivity contribution in [2.75, 3.05) is 13.7 Å². The number of Topliss-reactive ketones (excluding diaryl/α,β-unsaturated/α-hetero) is 1. The normalized spacial score (nSPS) is 10.6. The maximum Gasteiger partial charge on any atom is 0.338 e. The predicted molar refractivity (Wildman–Crippen MR) is 107 cm³/mol. The van der Waals surface area contributed by atoms with Crippen LogP contribution in [0.3, 0.4) is 0 Å². The number of carbonyl (C=O) groups is 2. The molecule has 7 nitrogen and oxygen atoms in total.